The number of hydrogen-bond donors (Lipinski definition) is 4. The van der Waals surface area contributed by atoms with Gasteiger partial charge in [0.1, 0.15) is 23.5 Å². The Kier molecular flexibility index (Phi) is 4.58. The summed E-state index contributed by atoms with van der Waals surface area (Å²) in [6.45, 7) is 0. The average Bonchev–Trinajstić information content (AvgIpc) is 3.31. The highest BCUT2D eigenvalue weighted by Gasteiger charge is 2.41. The predicted molar refractivity (Wildman–Crippen MR) is 123 cm³/mol. The zero-order valence-electron chi connectivity index (χ0n) is 16.7. The van der Waals surface area contributed by atoms with E-state index < -0.39 is 16.1 Å². The highest BCUT2D eigenvalue weighted by molar-refractivity contribution is 7.89. The fourth-order valence-electron chi connectivity index (χ4n) is 3.97. The Bertz CT molecular complexity index is 1460. The largest absolute Gasteiger partial charge is 0.509 e. The molecule has 2 heterocycles. The van der Waals surface area contributed by atoms with E-state index in [1.54, 1.807) is 17.0 Å². The van der Waals surface area contributed by atoms with E-state index >= 15 is 0 Å². The number of hydrogen-bond acceptors (Lipinski definition) is 5. The van der Waals surface area contributed by atoms with E-state index in [-0.39, 0.29) is 22.1 Å². The maximum absolute atomic E-state index is 11.9. The summed E-state index contributed by atoms with van der Waals surface area (Å²) in [7, 11) is -3.94. The van der Waals surface area contributed by atoms with Crippen molar-refractivity contribution in [2.45, 2.75) is 10.9 Å². The number of aromatic amines is 1. The van der Waals surface area contributed by atoms with Gasteiger partial charge in [0.15, 0.2) is 0 Å². The fraction of sp³-hybridized carbons (Fsp3) is 0.0435. The SMILES string of the molecule is N=C1C(c2nc3ccccc3[nH]2)=C(O)C(c2ccccc2)N1c1cccc(S(N)(=O)=O)c1. The van der Waals surface area contributed by atoms with Crippen molar-refractivity contribution < 1.29 is 13.5 Å². The molecule has 1 aromatic heterocycles. The van der Waals surface area contributed by atoms with Gasteiger partial charge in [0.25, 0.3) is 0 Å². The second-order valence-corrected chi connectivity index (χ2v) is 9.00. The molecule has 9 heteroatoms. The number of fused-ring (bicyclic) bond motifs is 1. The van der Waals surface area contributed by atoms with Crippen LogP contribution in [0, 0.1) is 5.41 Å². The molecule has 0 fully saturated rings. The monoisotopic (exact) mass is 445 g/mol. The summed E-state index contributed by atoms with van der Waals surface area (Å²) >= 11 is 0. The summed E-state index contributed by atoms with van der Waals surface area (Å²) in [5.74, 6) is 0.294. The van der Waals surface area contributed by atoms with Gasteiger partial charge in [0, 0.05) is 5.69 Å². The molecule has 0 spiro atoms. The first-order chi connectivity index (χ1) is 15.3. The molecule has 160 valence electrons. The third-order valence-electron chi connectivity index (χ3n) is 5.42. The Morgan fingerprint density at radius 3 is 2.44 bits per heavy atom. The molecule has 0 radical (unpaired) electrons. The lowest BCUT2D eigenvalue weighted by atomic mass is 10.0. The maximum Gasteiger partial charge on any atom is 0.238 e. The molecule has 5 rings (SSSR count). The molecular formula is C23H19N5O3S. The number of sulfonamides is 1. The number of amidine groups is 1. The molecule has 8 nitrogen and oxygen atoms in total. The van der Waals surface area contributed by atoms with Crippen molar-refractivity contribution in [3.63, 3.8) is 0 Å². The number of para-hydroxylation sites is 2. The number of H-pyrrole nitrogens is 1. The summed E-state index contributed by atoms with van der Waals surface area (Å²) in [5, 5.41) is 25.5. The molecule has 1 atom stereocenters. The van der Waals surface area contributed by atoms with Crippen LogP contribution in [0.4, 0.5) is 5.69 Å². The van der Waals surface area contributed by atoms with Crippen LogP contribution >= 0.6 is 0 Å². The number of imidazole rings is 1. The van der Waals surface area contributed by atoms with Gasteiger partial charge in [-0.2, -0.15) is 0 Å². The van der Waals surface area contributed by atoms with Crippen molar-refractivity contribution >= 4 is 38.2 Å². The highest BCUT2D eigenvalue weighted by Crippen LogP contribution is 2.43. The smallest absolute Gasteiger partial charge is 0.238 e. The molecule has 0 saturated heterocycles. The molecular weight excluding hydrogens is 426 g/mol. The molecule has 1 unspecified atom stereocenters. The van der Waals surface area contributed by atoms with E-state index in [1.807, 2.05) is 54.6 Å². The Labute approximate surface area is 184 Å². The predicted octanol–water partition coefficient (Wildman–Crippen LogP) is 3.72. The van der Waals surface area contributed by atoms with Crippen molar-refractivity contribution in [2.75, 3.05) is 4.90 Å². The van der Waals surface area contributed by atoms with Crippen LogP contribution in [-0.2, 0) is 10.0 Å². The first-order valence-corrected chi connectivity index (χ1v) is 11.3. The minimum Gasteiger partial charge on any atom is -0.509 e. The van der Waals surface area contributed by atoms with Gasteiger partial charge in [-0.1, -0.05) is 48.5 Å². The molecule has 32 heavy (non-hydrogen) atoms. The van der Waals surface area contributed by atoms with E-state index in [0.717, 1.165) is 11.1 Å². The Hall–Kier alpha value is -3.95. The highest BCUT2D eigenvalue weighted by atomic mass is 32.2. The lowest BCUT2D eigenvalue weighted by molar-refractivity contribution is 0.379. The van der Waals surface area contributed by atoms with Gasteiger partial charge in [-0.3, -0.25) is 5.41 Å². The number of benzene rings is 3. The second kappa shape index (κ2) is 7.33. The van der Waals surface area contributed by atoms with Crippen molar-refractivity contribution in [3.05, 3.63) is 96.0 Å². The first-order valence-electron chi connectivity index (χ1n) is 9.79. The normalized spacial score (nSPS) is 16.8. The van der Waals surface area contributed by atoms with Crippen LogP contribution in [0.25, 0.3) is 16.6 Å². The van der Waals surface area contributed by atoms with Gasteiger partial charge in [-0.05, 0) is 35.9 Å². The molecule has 1 aliphatic rings. The minimum atomic E-state index is -3.94. The number of rotatable bonds is 4. The molecule has 0 amide bonds. The number of aromatic nitrogens is 2. The number of aliphatic hydroxyl groups is 1. The number of anilines is 1. The van der Waals surface area contributed by atoms with E-state index in [1.165, 1.54) is 12.1 Å². The third-order valence-corrected chi connectivity index (χ3v) is 6.33. The van der Waals surface area contributed by atoms with Crippen LogP contribution in [0.5, 0.6) is 0 Å². The van der Waals surface area contributed by atoms with Crippen LogP contribution in [0.3, 0.4) is 0 Å². The van der Waals surface area contributed by atoms with Crippen LogP contribution < -0.4 is 10.0 Å². The fourth-order valence-corrected chi connectivity index (χ4v) is 4.52. The maximum atomic E-state index is 11.9. The topological polar surface area (TPSA) is 136 Å². The van der Waals surface area contributed by atoms with Crippen molar-refractivity contribution in [3.8, 4) is 0 Å². The standard InChI is InChI=1S/C23H19N5O3S/c24-22-19(23-26-17-11-4-5-12-18(17)27-23)21(29)20(14-7-2-1-3-8-14)28(22)15-9-6-10-16(13-15)32(25,30)31/h1-13,20,24,29H,(H,26,27)(H2,25,30,31). The Morgan fingerprint density at radius 2 is 1.72 bits per heavy atom. The summed E-state index contributed by atoms with van der Waals surface area (Å²) in [6.07, 6.45) is 0. The summed E-state index contributed by atoms with van der Waals surface area (Å²) in [6, 6.07) is 21.9. The lowest BCUT2D eigenvalue weighted by Gasteiger charge is -2.27. The van der Waals surface area contributed by atoms with Gasteiger partial charge in [0.05, 0.1) is 21.5 Å². The molecule has 3 aromatic carbocycles. The van der Waals surface area contributed by atoms with Gasteiger partial charge < -0.3 is 15.0 Å². The van der Waals surface area contributed by atoms with E-state index in [9.17, 15) is 13.5 Å². The summed E-state index contributed by atoms with van der Waals surface area (Å²) in [4.78, 5) is 9.21. The Morgan fingerprint density at radius 1 is 1.00 bits per heavy atom. The van der Waals surface area contributed by atoms with E-state index in [0.29, 0.717) is 17.0 Å². The van der Waals surface area contributed by atoms with E-state index in [4.69, 9.17) is 10.5 Å². The van der Waals surface area contributed by atoms with Gasteiger partial charge in [-0.15, -0.1) is 0 Å². The summed E-state index contributed by atoms with van der Waals surface area (Å²) in [5.41, 5.74) is 2.88. The quantitative estimate of drug-likeness (QED) is 0.380. The molecule has 0 saturated carbocycles. The van der Waals surface area contributed by atoms with Gasteiger partial charge >= 0.3 is 0 Å². The average molecular weight is 446 g/mol. The summed E-state index contributed by atoms with van der Waals surface area (Å²) < 4.78 is 23.8. The van der Waals surface area contributed by atoms with Crippen LogP contribution in [0.15, 0.2) is 89.5 Å². The number of nitrogens with two attached hydrogens (primary N) is 1. The molecule has 0 aliphatic carbocycles. The number of nitrogens with zero attached hydrogens (tertiary/aromatic N) is 2. The molecule has 5 N–H and O–H groups in total. The van der Waals surface area contributed by atoms with Crippen molar-refractivity contribution in [1.82, 2.24) is 9.97 Å². The zero-order valence-corrected chi connectivity index (χ0v) is 17.5. The number of aliphatic hydroxyl groups excluding tert-OH is 1. The number of nitrogens with one attached hydrogen (secondary N) is 2. The van der Waals surface area contributed by atoms with Crippen molar-refractivity contribution in [2.24, 2.45) is 5.14 Å². The second-order valence-electron chi connectivity index (χ2n) is 7.44. The van der Waals surface area contributed by atoms with Crippen LogP contribution in [0.1, 0.15) is 17.4 Å². The van der Waals surface area contributed by atoms with Crippen molar-refractivity contribution in [1.29, 1.82) is 5.41 Å². The zero-order chi connectivity index (χ0) is 22.5. The van der Waals surface area contributed by atoms with Crippen LogP contribution in [0.2, 0.25) is 0 Å². The first kappa shape index (κ1) is 20.0. The molecule has 4 aromatic rings. The molecule has 0 bridgehead atoms. The number of primary sulfonamides is 1. The van der Waals surface area contributed by atoms with E-state index in [2.05, 4.69) is 9.97 Å². The van der Waals surface area contributed by atoms with Gasteiger partial charge in [-0.25, -0.2) is 18.5 Å². The third kappa shape index (κ3) is 3.24. The van der Waals surface area contributed by atoms with Gasteiger partial charge in [0.2, 0.25) is 10.0 Å². The minimum absolute atomic E-state index is 0.0121. The van der Waals surface area contributed by atoms with Crippen LogP contribution in [-0.4, -0.2) is 29.3 Å². The lowest BCUT2D eigenvalue weighted by Crippen LogP contribution is -2.30. The Balaban J connectivity index is 1.70. The molecule has 1 aliphatic heterocycles.